The molecule has 0 radical (unpaired) electrons. The highest BCUT2D eigenvalue weighted by Gasteiger charge is 2.19. The summed E-state index contributed by atoms with van der Waals surface area (Å²) in [6.45, 7) is 0.233. The van der Waals surface area contributed by atoms with Crippen molar-refractivity contribution in [1.29, 1.82) is 0 Å². The van der Waals surface area contributed by atoms with Gasteiger partial charge < -0.3 is 5.73 Å². The maximum atomic E-state index is 13.3. The molecule has 6 heteroatoms. The summed E-state index contributed by atoms with van der Waals surface area (Å²) in [5, 5.41) is 0. The minimum atomic E-state index is -3.90. The van der Waals surface area contributed by atoms with E-state index in [2.05, 4.69) is 0 Å². The molecule has 0 aliphatic heterocycles. The Morgan fingerprint density at radius 3 is 2.19 bits per heavy atom. The summed E-state index contributed by atoms with van der Waals surface area (Å²) in [5.41, 5.74) is 5.41. The number of sulfone groups is 1. The van der Waals surface area contributed by atoms with Crippen molar-refractivity contribution >= 4 is 15.9 Å². The van der Waals surface area contributed by atoms with Crippen LogP contribution in [0.5, 0.6) is 0 Å². The van der Waals surface area contributed by atoms with Crippen LogP contribution in [0.25, 0.3) is 6.08 Å². The van der Waals surface area contributed by atoms with E-state index >= 15 is 0 Å². The number of nitrogens with two attached hydrogens (primary N) is 1. The van der Waals surface area contributed by atoms with Crippen molar-refractivity contribution in [2.75, 3.05) is 12.8 Å². The fraction of sp³-hybridized carbons (Fsp3) is 0.200. The van der Waals surface area contributed by atoms with Crippen molar-refractivity contribution in [3.05, 3.63) is 35.4 Å². The molecule has 0 unspecified atom stereocenters. The van der Waals surface area contributed by atoms with E-state index in [0.717, 1.165) is 18.4 Å². The minimum absolute atomic E-state index is 0.229. The van der Waals surface area contributed by atoms with Gasteiger partial charge in [-0.1, -0.05) is 12.2 Å². The molecular weight excluding hydrogens is 236 g/mol. The van der Waals surface area contributed by atoms with Gasteiger partial charge in [0.1, 0.15) is 16.5 Å². The first-order chi connectivity index (χ1) is 7.36. The molecule has 3 nitrogen and oxygen atoms in total. The van der Waals surface area contributed by atoms with Gasteiger partial charge in [-0.25, -0.2) is 17.2 Å². The first kappa shape index (κ1) is 12.8. The molecule has 88 valence electrons. The van der Waals surface area contributed by atoms with Crippen LogP contribution < -0.4 is 5.73 Å². The van der Waals surface area contributed by atoms with Crippen LogP contribution >= 0.6 is 0 Å². The van der Waals surface area contributed by atoms with Crippen LogP contribution in [-0.4, -0.2) is 21.2 Å². The molecule has 0 saturated heterocycles. The zero-order valence-electron chi connectivity index (χ0n) is 8.57. The van der Waals surface area contributed by atoms with E-state index < -0.39 is 26.4 Å². The largest absolute Gasteiger partial charge is 0.327 e. The van der Waals surface area contributed by atoms with Gasteiger partial charge in [-0.05, 0) is 17.7 Å². The topological polar surface area (TPSA) is 60.2 Å². The highest BCUT2D eigenvalue weighted by molar-refractivity contribution is 7.90. The number of hydrogen-bond donors (Lipinski definition) is 1. The van der Waals surface area contributed by atoms with Gasteiger partial charge in [-0.15, -0.1) is 0 Å². The smallest absolute Gasteiger partial charge is 0.181 e. The average molecular weight is 247 g/mol. The van der Waals surface area contributed by atoms with Gasteiger partial charge in [0, 0.05) is 12.8 Å². The Morgan fingerprint density at radius 2 is 1.81 bits per heavy atom. The molecule has 0 fully saturated rings. The monoisotopic (exact) mass is 247 g/mol. The van der Waals surface area contributed by atoms with Gasteiger partial charge in [0.15, 0.2) is 9.84 Å². The van der Waals surface area contributed by atoms with Crippen molar-refractivity contribution in [3.8, 4) is 0 Å². The van der Waals surface area contributed by atoms with E-state index in [4.69, 9.17) is 5.73 Å². The second-order valence-corrected chi connectivity index (χ2v) is 5.18. The fourth-order valence-electron chi connectivity index (χ4n) is 1.23. The van der Waals surface area contributed by atoms with Crippen LogP contribution in [0.3, 0.4) is 0 Å². The van der Waals surface area contributed by atoms with E-state index in [9.17, 15) is 17.2 Å². The lowest BCUT2D eigenvalue weighted by Gasteiger charge is -2.03. The molecule has 1 aromatic carbocycles. The van der Waals surface area contributed by atoms with Crippen molar-refractivity contribution in [3.63, 3.8) is 0 Å². The molecule has 0 heterocycles. The van der Waals surface area contributed by atoms with Gasteiger partial charge in [0.05, 0.1) is 0 Å². The highest BCUT2D eigenvalue weighted by Crippen LogP contribution is 2.21. The Balaban J connectivity index is 3.34. The van der Waals surface area contributed by atoms with E-state index in [1.54, 1.807) is 0 Å². The van der Waals surface area contributed by atoms with Gasteiger partial charge in [0.2, 0.25) is 0 Å². The van der Waals surface area contributed by atoms with Gasteiger partial charge in [0.25, 0.3) is 0 Å². The summed E-state index contributed by atoms with van der Waals surface area (Å²) >= 11 is 0. The van der Waals surface area contributed by atoms with E-state index in [1.807, 2.05) is 0 Å². The average Bonchev–Trinajstić information content (AvgIpc) is 2.11. The molecule has 0 bridgehead atoms. The molecule has 0 aliphatic carbocycles. The van der Waals surface area contributed by atoms with E-state index in [-0.39, 0.29) is 12.1 Å². The molecule has 0 aromatic heterocycles. The molecule has 1 rings (SSSR count). The molecule has 0 atom stereocenters. The normalized spacial score (nSPS) is 12.2. The Morgan fingerprint density at radius 1 is 1.31 bits per heavy atom. The molecule has 0 amide bonds. The minimum Gasteiger partial charge on any atom is -0.327 e. The molecule has 0 spiro atoms. The second kappa shape index (κ2) is 4.71. The molecule has 0 saturated carbocycles. The third kappa shape index (κ3) is 2.86. The summed E-state index contributed by atoms with van der Waals surface area (Å²) in [7, 11) is -3.90. The first-order valence-corrected chi connectivity index (χ1v) is 6.31. The van der Waals surface area contributed by atoms with Crippen molar-refractivity contribution < 1.29 is 17.2 Å². The van der Waals surface area contributed by atoms with Gasteiger partial charge >= 0.3 is 0 Å². The number of benzene rings is 1. The fourth-order valence-corrected chi connectivity index (χ4v) is 2.06. The standard InChI is InChI=1S/C10H11F2NO2S/c1-16(14,15)10-8(11)5-7(3-2-4-13)6-9(10)12/h2-3,5-6H,4,13H2,1H3/b3-2+. The zero-order chi connectivity index (χ0) is 12.3. The summed E-state index contributed by atoms with van der Waals surface area (Å²) < 4.78 is 48.9. The Labute approximate surface area is 92.5 Å². The molecular formula is C10H11F2NO2S. The SMILES string of the molecule is CS(=O)(=O)c1c(F)cc(/C=C/CN)cc1F. The number of halogens is 2. The second-order valence-electron chi connectivity index (χ2n) is 3.22. The predicted octanol–water partition coefficient (Wildman–Crippen LogP) is 1.34. The highest BCUT2D eigenvalue weighted by atomic mass is 32.2. The van der Waals surface area contributed by atoms with Gasteiger partial charge in [-0.3, -0.25) is 0 Å². The lowest BCUT2D eigenvalue weighted by Crippen LogP contribution is -2.05. The number of hydrogen-bond acceptors (Lipinski definition) is 3. The maximum Gasteiger partial charge on any atom is 0.181 e. The molecule has 2 N–H and O–H groups in total. The van der Waals surface area contributed by atoms with E-state index in [1.165, 1.54) is 12.2 Å². The zero-order valence-corrected chi connectivity index (χ0v) is 9.39. The third-order valence-electron chi connectivity index (χ3n) is 1.84. The summed E-state index contributed by atoms with van der Waals surface area (Å²) in [4.78, 5) is -0.905. The first-order valence-electron chi connectivity index (χ1n) is 4.42. The van der Waals surface area contributed by atoms with Crippen LogP contribution in [0, 0.1) is 11.6 Å². The maximum absolute atomic E-state index is 13.3. The Kier molecular flexibility index (Phi) is 3.77. The lowest BCUT2D eigenvalue weighted by molar-refractivity contribution is 0.521. The van der Waals surface area contributed by atoms with Gasteiger partial charge in [-0.2, -0.15) is 0 Å². The van der Waals surface area contributed by atoms with Crippen LogP contribution in [0.2, 0.25) is 0 Å². The molecule has 16 heavy (non-hydrogen) atoms. The van der Waals surface area contributed by atoms with Crippen molar-refractivity contribution in [1.82, 2.24) is 0 Å². The summed E-state index contributed by atoms with van der Waals surface area (Å²) in [6.07, 6.45) is 3.68. The third-order valence-corrected chi connectivity index (χ3v) is 2.97. The molecule has 1 aromatic rings. The Hall–Kier alpha value is -1.27. The Bertz CT molecular complexity index is 501. The summed E-state index contributed by atoms with van der Waals surface area (Å²) in [5.74, 6) is -2.20. The van der Waals surface area contributed by atoms with Crippen LogP contribution in [0.4, 0.5) is 8.78 Å². The van der Waals surface area contributed by atoms with Crippen LogP contribution in [0.15, 0.2) is 23.1 Å². The van der Waals surface area contributed by atoms with Crippen molar-refractivity contribution in [2.45, 2.75) is 4.90 Å². The lowest BCUT2D eigenvalue weighted by atomic mass is 10.2. The van der Waals surface area contributed by atoms with Crippen molar-refractivity contribution in [2.24, 2.45) is 5.73 Å². The molecule has 0 aliphatic rings. The van der Waals surface area contributed by atoms with Crippen LogP contribution in [0.1, 0.15) is 5.56 Å². The van der Waals surface area contributed by atoms with E-state index in [0.29, 0.717) is 0 Å². The quantitative estimate of drug-likeness (QED) is 0.876. The van der Waals surface area contributed by atoms with Crippen LogP contribution in [-0.2, 0) is 9.84 Å². The predicted molar refractivity (Wildman–Crippen MR) is 57.6 cm³/mol. The number of rotatable bonds is 3. The summed E-state index contributed by atoms with van der Waals surface area (Å²) in [6, 6.07) is 1.90.